The van der Waals surface area contributed by atoms with Gasteiger partial charge in [0.2, 0.25) is 0 Å². The zero-order valence-electron chi connectivity index (χ0n) is 20.6. The Hall–Kier alpha value is -4.05. The predicted octanol–water partition coefficient (Wildman–Crippen LogP) is 7.87. The fourth-order valence-corrected chi connectivity index (χ4v) is 7.11. The maximum absolute atomic E-state index is 10.0. The van der Waals surface area contributed by atoms with Crippen LogP contribution in [0.5, 0.6) is 0 Å². The van der Waals surface area contributed by atoms with Crippen LogP contribution < -0.4 is 0 Å². The molecule has 0 N–H and O–H groups in total. The lowest BCUT2D eigenvalue weighted by atomic mass is 10.0. The minimum atomic E-state index is -0.460. The van der Waals surface area contributed by atoms with Crippen molar-refractivity contribution in [2.24, 2.45) is 4.99 Å². The predicted molar refractivity (Wildman–Crippen MR) is 155 cm³/mol. The van der Waals surface area contributed by atoms with Gasteiger partial charge >= 0.3 is 0 Å². The van der Waals surface area contributed by atoms with Gasteiger partial charge in [0.15, 0.2) is 0 Å². The quantitative estimate of drug-likeness (QED) is 0.212. The molecule has 0 saturated heterocycles. The number of benzene rings is 2. The molecule has 6 heteroatoms. The molecular formula is C31H24N4S2. The van der Waals surface area contributed by atoms with Gasteiger partial charge in [-0.3, -0.25) is 9.98 Å². The van der Waals surface area contributed by atoms with Crippen LogP contribution in [-0.2, 0) is 6.42 Å². The van der Waals surface area contributed by atoms with Crippen LogP contribution in [0.25, 0.3) is 25.4 Å². The Labute approximate surface area is 223 Å². The molecule has 4 aromatic heterocycles. The van der Waals surface area contributed by atoms with Gasteiger partial charge in [-0.1, -0.05) is 60.7 Å². The summed E-state index contributed by atoms with van der Waals surface area (Å²) >= 11 is 3.56. The van der Waals surface area contributed by atoms with Gasteiger partial charge in [-0.25, -0.2) is 0 Å². The third-order valence-electron chi connectivity index (χ3n) is 6.35. The number of fused-ring (bicyclic) bond motifs is 2. The van der Waals surface area contributed by atoms with Crippen molar-refractivity contribution in [3.63, 3.8) is 0 Å². The van der Waals surface area contributed by atoms with Crippen molar-refractivity contribution in [1.82, 2.24) is 9.38 Å². The second kappa shape index (κ2) is 9.78. The molecule has 0 aliphatic rings. The fraction of sp³-hybridized carbons (Fsp3) is 0.129. The molecule has 6 rings (SSSR count). The van der Waals surface area contributed by atoms with Crippen LogP contribution in [0.1, 0.15) is 27.4 Å². The highest BCUT2D eigenvalue weighted by atomic mass is 32.1. The average Bonchev–Trinajstić information content (AvgIpc) is 3.61. The topological polar surface area (TPSA) is 53.5 Å². The van der Waals surface area contributed by atoms with E-state index >= 15 is 0 Å². The van der Waals surface area contributed by atoms with E-state index in [9.17, 15) is 5.26 Å². The van der Waals surface area contributed by atoms with Gasteiger partial charge in [-0.05, 0) is 32.0 Å². The lowest BCUT2D eigenvalue weighted by molar-refractivity contribution is 0.837. The van der Waals surface area contributed by atoms with E-state index in [0.29, 0.717) is 6.42 Å². The Bertz CT molecular complexity index is 1710. The number of aromatic nitrogens is 2. The fourth-order valence-electron chi connectivity index (χ4n) is 4.67. The Kier molecular flexibility index (Phi) is 6.17. The van der Waals surface area contributed by atoms with E-state index in [-0.39, 0.29) is 0 Å². The summed E-state index contributed by atoms with van der Waals surface area (Å²) in [5.41, 5.74) is 7.30. The number of nitrogens with zero attached hydrogens (tertiary/aromatic N) is 4. The summed E-state index contributed by atoms with van der Waals surface area (Å²) in [7, 11) is 0. The van der Waals surface area contributed by atoms with E-state index < -0.39 is 6.04 Å². The van der Waals surface area contributed by atoms with E-state index in [4.69, 9.17) is 4.99 Å². The van der Waals surface area contributed by atoms with Gasteiger partial charge in [0.05, 0.1) is 28.7 Å². The molecule has 0 fully saturated rings. The van der Waals surface area contributed by atoms with Crippen LogP contribution >= 0.6 is 22.7 Å². The first kappa shape index (κ1) is 23.4. The van der Waals surface area contributed by atoms with E-state index in [0.717, 1.165) is 33.7 Å². The maximum atomic E-state index is 10.0. The van der Waals surface area contributed by atoms with Crippen LogP contribution in [0.15, 0.2) is 96.2 Å². The third kappa shape index (κ3) is 4.72. The van der Waals surface area contributed by atoms with Crippen LogP contribution in [-0.4, -0.2) is 21.1 Å². The molecule has 1 unspecified atom stereocenters. The Morgan fingerprint density at radius 2 is 1.59 bits per heavy atom. The standard InChI is InChI=1S/C31H24N4S2/c1-20-18-35-19-24(13-27(35)21(2)33-20)28-16-30-29(37-28)15-26(36-30)14-25(17-32)34-31(22-9-5-3-6-10-22)23-11-7-4-8-12-23/h3-13,15-16,18-19,25H,14H2,1-2H3. The van der Waals surface area contributed by atoms with Crippen molar-refractivity contribution in [2.45, 2.75) is 26.3 Å². The highest BCUT2D eigenvalue weighted by Gasteiger charge is 2.16. The van der Waals surface area contributed by atoms with Gasteiger partial charge in [-0.2, -0.15) is 5.26 Å². The van der Waals surface area contributed by atoms with E-state index in [2.05, 4.69) is 53.0 Å². The molecule has 1 atom stereocenters. The minimum absolute atomic E-state index is 0.460. The van der Waals surface area contributed by atoms with Gasteiger partial charge < -0.3 is 4.40 Å². The zero-order valence-corrected chi connectivity index (χ0v) is 22.2. The van der Waals surface area contributed by atoms with Crippen molar-refractivity contribution < 1.29 is 0 Å². The number of aryl methyl sites for hydroxylation is 2. The number of rotatable bonds is 6. The second-order valence-corrected chi connectivity index (χ2v) is 11.4. The van der Waals surface area contributed by atoms with Crippen molar-refractivity contribution in [1.29, 1.82) is 5.26 Å². The molecule has 0 radical (unpaired) electrons. The molecule has 6 aromatic rings. The first-order chi connectivity index (χ1) is 18.1. The summed E-state index contributed by atoms with van der Waals surface area (Å²) < 4.78 is 4.67. The molecule has 2 aromatic carbocycles. The average molecular weight is 517 g/mol. The molecule has 0 spiro atoms. The summed E-state index contributed by atoms with van der Waals surface area (Å²) in [5.74, 6) is 0. The summed E-state index contributed by atoms with van der Waals surface area (Å²) in [4.78, 5) is 12.0. The summed E-state index contributed by atoms with van der Waals surface area (Å²) in [6, 6.07) is 28.9. The van der Waals surface area contributed by atoms with Crippen molar-refractivity contribution >= 4 is 43.3 Å². The van der Waals surface area contributed by atoms with Gasteiger partial charge in [0, 0.05) is 54.7 Å². The second-order valence-electron chi connectivity index (χ2n) is 9.10. The van der Waals surface area contributed by atoms with Crippen molar-refractivity contribution in [3.8, 4) is 16.5 Å². The number of aliphatic imine (C=N–C) groups is 1. The van der Waals surface area contributed by atoms with Crippen LogP contribution in [0.4, 0.5) is 0 Å². The van der Waals surface area contributed by atoms with E-state index in [1.807, 2.05) is 67.6 Å². The number of thiophene rings is 2. The normalized spacial score (nSPS) is 12.0. The Morgan fingerprint density at radius 1 is 0.919 bits per heavy atom. The molecule has 0 aliphatic heterocycles. The summed E-state index contributed by atoms with van der Waals surface area (Å²) in [5, 5.41) is 10.0. The number of nitriles is 1. The Morgan fingerprint density at radius 3 is 2.24 bits per heavy atom. The molecule has 0 saturated carbocycles. The largest absolute Gasteiger partial charge is 0.320 e. The van der Waals surface area contributed by atoms with E-state index in [1.165, 1.54) is 24.7 Å². The van der Waals surface area contributed by atoms with Crippen molar-refractivity contribution in [2.75, 3.05) is 0 Å². The molecular weight excluding hydrogens is 493 g/mol. The summed E-state index contributed by atoms with van der Waals surface area (Å²) in [6.07, 6.45) is 4.85. The highest BCUT2D eigenvalue weighted by Crippen LogP contribution is 2.39. The monoisotopic (exact) mass is 516 g/mol. The summed E-state index contributed by atoms with van der Waals surface area (Å²) in [6.45, 7) is 4.08. The van der Waals surface area contributed by atoms with E-state index in [1.54, 1.807) is 22.7 Å². The lowest BCUT2D eigenvalue weighted by Gasteiger charge is -2.10. The first-order valence-electron chi connectivity index (χ1n) is 12.1. The molecule has 37 heavy (non-hydrogen) atoms. The molecule has 0 aliphatic carbocycles. The maximum Gasteiger partial charge on any atom is 0.142 e. The molecule has 4 heterocycles. The number of hydrogen-bond donors (Lipinski definition) is 0. The zero-order chi connectivity index (χ0) is 25.4. The highest BCUT2D eigenvalue weighted by molar-refractivity contribution is 7.29. The lowest BCUT2D eigenvalue weighted by Crippen LogP contribution is -2.12. The first-order valence-corrected chi connectivity index (χ1v) is 13.8. The minimum Gasteiger partial charge on any atom is -0.320 e. The smallest absolute Gasteiger partial charge is 0.142 e. The molecule has 180 valence electrons. The SMILES string of the molecule is Cc1cn2cc(-c3cc4sc(CC(C#N)N=C(c5ccccc5)c5ccccc5)cc4s3)cc2c(C)n1. The van der Waals surface area contributed by atoms with Gasteiger partial charge in [0.1, 0.15) is 6.04 Å². The third-order valence-corrected chi connectivity index (χ3v) is 8.72. The van der Waals surface area contributed by atoms with Gasteiger partial charge in [-0.15, -0.1) is 22.7 Å². The molecule has 4 nitrogen and oxygen atoms in total. The van der Waals surface area contributed by atoms with Crippen LogP contribution in [0.3, 0.4) is 0 Å². The van der Waals surface area contributed by atoms with Gasteiger partial charge in [0.25, 0.3) is 0 Å². The van der Waals surface area contributed by atoms with Crippen LogP contribution in [0, 0.1) is 25.2 Å². The van der Waals surface area contributed by atoms with Crippen molar-refractivity contribution in [3.05, 3.63) is 119 Å². The number of hydrogen-bond acceptors (Lipinski definition) is 5. The Balaban J connectivity index is 1.29. The molecule has 0 amide bonds. The van der Waals surface area contributed by atoms with Crippen LogP contribution in [0.2, 0.25) is 0 Å². The molecule has 0 bridgehead atoms.